The van der Waals surface area contributed by atoms with E-state index in [9.17, 15) is 9.18 Å². The molecule has 1 aliphatic rings. The van der Waals surface area contributed by atoms with Crippen LogP contribution in [-0.2, 0) is 4.79 Å². The number of amides is 1. The van der Waals surface area contributed by atoms with Crippen LogP contribution in [0.4, 0.5) is 4.39 Å². The highest BCUT2D eigenvalue weighted by atomic mass is 19.1. The van der Waals surface area contributed by atoms with E-state index in [1.165, 1.54) is 0 Å². The second-order valence-corrected chi connectivity index (χ2v) is 5.19. The van der Waals surface area contributed by atoms with Gasteiger partial charge in [0.15, 0.2) is 0 Å². The smallest absolute Gasteiger partial charge is 0.244 e. The van der Waals surface area contributed by atoms with E-state index < -0.39 is 6.04 Å². The van der Waals surface area contributed by atoms with Gasteiger partial charge in [0.1, 0.15) is 6.04 Å². The molecule has 1 aliphatic heterocycles. The third kappa shape index (κ3) is 5.07. The van der Waals surface area contributed by atoms with Crippen LogP contribution in [0.1, 0.15) is 20.8 Å². The third-order valence-electron chi connectivity index (χ3n) is 3.86. The highest BCUT2D eigenvalue weighted by Crippen LogP contribution is 2.17. The molecule has 0 radical (unpaired) electrons. The maximum absolute atomic E-state index is 13.5. The summed E-state index contributed by atoms with van der Waals surface area (Å²) >= 11 is 0. The molecule has 1 amide bonds. The molecule has 4 nitrogen and oxygen atoms in total. The maximum atomic E-state index is 13.5. The summed E-state index contributed by atoms with van der Waals surface area (Å²) in [5.41, 5.74) is 0.414. The van der Waals surface area contributed by atoms with E-state index in [0.29, 0.717) is 25.0 Å². The Hall–Kier alpha value is -1.46. The molecule has 0 aromatic carbocycles. The minimum Gasteiger partial charge on any atom is -0.342 e. The van der Waals surface area contributed by atoms with Crippen LogP contribution in [0.5, 0.6) is 0 Å². The Labute approximate surface area is 133 Å². The van der Waals surface area contributed by atoms with Gasteiger partial charge < -0.3 is 10.2 Å². The molecule has 22 heavy (non-hydrogen) atoms. The number of halogens is 1. The zero-order valence-corrected chi connectivity index (χ0v) is 13.9. The van der Waals surface area contributed by atoms with Crippen LogP contribution in [0.15, 0.2) is 36.2 Å². The zero-order chi connectivity index (χ0) is 16.4. The molecular formula is C17H28FN3O. The first-order chi connectivity index (χ1) is 10.7. The van der Waals surface area contributed by atoms with Crippen LogP contribution in [0.25, 0.3) is 0 Å². The predicted molar refractivity (Wildman–Crippen MR) is 89.3 cm³/mol. The van der Waals surface area contributed by atoms with E-state index in [4.69, 9.17) is 0 Å². The molecule has 0 aromatic heterocycles. The summed E-state index contributed by atoms with van der Waals surface area (Å²) in [5, 5.41) is 3.27. The summed E-state index contributed by atoms with van der Waals surface area (Å²) < 4.78 is 13.5. The van der Waals surface area contributed by atoms with Crippen molar-refractivity contribution >= 4 is 5.91 Å². The van der Waals surface area contributed by atoms with Crippen molar-refractivity contribution in [2.75, 3.05) is 39.3 Å². The lowest BCUT2D eigenvalue weighted by Gasteiger charge is -2.36. The minimum atomic E-state index is -0.548. The lowest BCUT2D eigenvalue weighted by molar-refractivity contribution is -0.135. The second-order valence-electron chi connectivity index (χ2n) is 5.19. The van der Waals surface area contributed by atoms with Crippen molar-refractivity contribution in [1.82, 2.24) is 15.1 Å². The molecule has 1 atom stereocenters. The molecule has 124 valence electrons. The predicted octanol–water partition coefficient (Wildman–Crippen LogP) is 2.11. The fourth-order valence-corrected chi connectivity index (χ4v) is 2.62. The molecule has 0 aromatic rings. The van der Waals surface area contributed by atoms with Crippen molar-refractivity contribution < 1.29 is 9.18 Å². The molecule has 5 heteroatoms. The van der Waals surface area contributed by atoms with Crippen molar-refractivity contribution in [3.05, 3.63) is 36.2 Å². The average molecular weight is 309 g/mol. The maximum Gasteiger partial charge on any atom is 0.244 e. The summed E-state index contributed by atoms with van der Waals surface area (Å²) in [4.78, 5) is 16.7. The highest BCUT2D eigenvalue weighted by molar-refractivity contribution is 5.85. The largest absolute Gasteiger partial charge is 0.342 e. The van der Waals surface area contributed by atoms with Crippen molar-refractivity contribution in [2.24, 2.45) is 0 Å². The monoisotopic (exact) mass is 309 g/mol. The fraction of sp³-hybridized carbons (Fsp3) is 0.588. The van der Waals surface area contributed by atoms with Crippen LogP contribution >= 0.6 is 0 Å². The van der Waals surface area contributed by atoms with Crippen LogP contribution in [-0.4, -0.2) is 61.0 Å². The summed E-state index contributed by atoms with van der Waals surface area (Å²) in [7, 11) is 0. The number of hydrogen-bond acceptors (Lipinski definition) is 3. The summed E-state index contributed by atoms with van der Waals surface area (Å²) in [6.45, 7) is 10.2. The highest BCUT2D eigenvalue weighted by Gasteiger charge is 2.32. The van der Waals surface area contributed by atoms with Crippen LogP contribution in [0, 0.1) is 0 Å². The molecule has 1 heterocycles. The number of likely N-dealkylation sites (N-methyl/N-ethyl adjacent to an activating group) is 1. The molecular weight excluding hydrogens is 281 g/mol. The lowest BCUT2D eigenvalue weighted by Crippen LogP contribution is -2.55. The van der Waals surface area contributed by atoms with Gasteiger partial charge in [-0.1, -0.05) is 24.3 Å². The number of piperazine rings is 1. The number of rotatable bonds is 7. The van der Waals surface area contributed by atoms with Gasteiger partial charge in [-0.05, 0) is 20.8 Å². The average Bonchev–Trinajstić information content (AvgIpc) is 2.56. The number of carbonyl (C=O) groups is 1. The second kappa shape index (κ2) is 10.3. The molecule has 1 rings (SSSR count). The van der Waals surface area contributed by atoms with Crippen molar-refractivity contribution in [2.45, 2.75) is 26.8 Å². The normalized spacial score (nSPS) is 19.0. The number of allylic oxidation sites excluding steroid dienone is 3. The Kier molecular flexibility index (Phi) is 8.70. The van der Waals surface area contributed by atoms with E-state index in [2.05, 4.69) is 10.2 Å². The van der Waals surface area contributed by atoms with Crippen molar-refractivity contribution in [1.29, 1.82) is 0 Å². The van der Waals surface area contributed by atoms with Crippen molar-refractivity contribution in [3.8, 4) is 0 Å². The fourth-order valence-electron chi connectivity index (χ4n) is 2.62. The summed E-state index contributed by atoms with van der Waals surface area (Å²) in [6.07, 6.45) is 7.73. The van der Waals surface area contributed by atoms with Gasteiger partial charge in [0.2, 0.25) is 5.91 Å². The first kappa shape index (κ1) is 18.6. The van der Waals surface area contributed by atoms with Crippen LogP contribution in [0.2, 0.25) is 0 Å². The van der Waals surface area contributed by atoms with Gasteiger partial charge in [-0.3, -0.25) is 9.69 Å². The number of carbonyl (C=O) groups excluding carboxylic acids is 1. The third-order valence-corrected chi connectivity index (χ3v) is 3.86. The minimum absolute atomic E-state index is 0.0269. The Morgan fingerprint density at radius 2 is 1.91 bits per heavy atom. The Balaban J connectivity index is 3.05. The van der Waals surface area contributed by atoms with Gasteiger partial charge in [-0.25, -0.2) is 4.39 Å². The lowest BCUT2D eigenvalue weighted by atomic mass is 10.0. The van der Waals surface area contributed by atoms with Gasteiger partial charge in [0.05, 0.1) is 6.33 Å². The molecule has 0 aliphatic carbocycles. The van der Waals surface area contributed by atoms with E-state index >= 15 is 0 Å². The van der Waals surface area contributed by atoms with E-state index in [1.54, 1.807) is 17.1 Å². The number of hydrogen-bond donors (Lipinski definition) is 1. The van der Waals surface area contributed by atoms with Gasteiger partial charge in [-0.15, -0.1) is 0 Å². The van der Waals surface area contributed by atoms with Gasteiger partial charge in [0.25, 0.3) is 0 Å². The molecule has 1 fully saturated rings. The Morgan fingerprint density at radius 3 is 2.41 bits per heavy atom. The van der Waals surface area contributed by atoms with Crippen molar-refractivity contribution in [3.63, 3.8) is 0 Å². The Bertz CT molecular complexity index is 422. The summed E-state index contributed by atoms with van der Waals surface area (Å²) in [5.74, 6) is -0.0269. The Morgan fingerprint density at radius 1 is 1.27 bits per heavy atom. The molecule has 0 spiro atoms. The zero-order valence-electron chi connectivity index (χ0n) is 13.9. The van der Waals surface area contributed by atoms with E-state index in [1.807, 2.05) is 32.9 Å². The SMILES string of the molecule is C\C=C/C=C\C(=C\F)C(C(=O)N(CC)CC)N1CCNCC1. The first-order valence-electron chi connectivity index (χ1n) is 8.02. The molecule has 1 saturated heterocycles. The molecule has 1 N–H and O–H groups in total. The van der Waals surface area contributed by atoms with Crippen LogP contribution < -0.4 is 5.32 Å². The summed E-state index contributed by atoms with van der Waals surface area (Å²) in [6, 6.07) is -0.548. The van der Waals surface area contributed by atoms with E-state index in [0.717, 1.165) is 26.2 Å². The standard InChI is InChI=1S/C17H28FN3O/c1-4-7-8-9-15(14-18)16(17(22)20(5-2)6-3)21-12-10-19-11-13-21/h4,7-9,14,16,19H,5-6,10-13H2,1-3H3/b7-4-,9-8-,15-14-. The van der Waals surface area contributed by atoms with Gasteiger partial charge in [0, 0.05) is 44.8 Å². The quantitative estimate of drug-likeness (QED) is 0.732. The number of nitrogens with one attached hydrogen (secondary N) is 1. The number of nitrogens with zero attached hydrogens (tertiary/aromatic N) is 2. The first-order valence-corrected chi connectivity index (χ1v) is 8.02. The van der Waals surface area contributed by atoms with Gasteiger partial charge in [-0.2, -0.15) is 0 Å². The van der Waals surface area contributed by atoms with E-state index in [-0.39, 0.29) is 5.91 Å². The molecule has 0 saturated carbocycles. The topological polar surface area (TPSA) is 35.6 Å². The molecule has 0 bridgehead atoms. The molecule has 1 unspecified atom stereocenters. The van der Waals surface area contributed by atoms with Gasteiger partial charge >= 0.3 is 0 Å². The van der Waals surface area contributed by atoms with Crippen LogP contribution in [0.3, 0.4) is 0 Å².